The second kappa shape index (κ2) is 9.68. The Bertz CT molecular complexity index is 1130. The first-order chi connectivity index (χ1) is 14.8. The topological polar surface area (TPSA) is 120 Å². The third-order valence-corrected chi connectivity index (χ3v) is 4.58. The average Bonchev–Trinajstić information content (AvgIpc) is 2.77. The fraction of sp³-hybridized carbons (Fsp3) is 0.0952. The maximum Gasteiger partial charge on any atom is 0.301 e. The lowest BCUT2D eigenvalue weighted by Gasteiger charge is -2.08. The second-order valence-electron chi connectivity index (χ2n) is 6.46. The van der Waals surface area contributed by atoms with Crippen LogP contribution in [0.5, 0.6) is 5.75 Å². The smallest absolute Gasteiger partial charge is 0.301 e. The molecule has 3 aromatic carbocycles. The number of benzene rings is 3. The summed E-state index contributed by atoms with van der Waals surface area (Å²) in [4.78, 5) is 20.6. The van der Waals surface area contributed by atoms with Gasteiger partial charge in [-0.05, 0) is 60.5 Å². The summed E-state index contributed by atoms with van der Waals surface area (Å²) in [6.07, 6.45) is 0. The molecule has 0 radical (unpaired) electrons. The van der Waals surface area contributed by atoms with Crippen LogP contribution in [0.1, 0.15) is 18.1 Å². The van der Waals surface area contributed by atoms with E-state index in [2.05, 4.69) is 10.5 Å². The first-order valence-electron chi connectivity index (χ1n) is 9.04. The van der Waals surface area contributed by atoms with Crippen molar-refractivity contribution in [2.24, 2.45) is 5.10 Å². The van der Waals surface area contributed by atoms with E-state index in [0.29, 0.717) is 23.1 Å². The number of hydrogen-bond acceptors (Lipinski definition) is 7. The molecule has 1 N–H and O–H groups in total. The van der Waals surface area contributed by atoms with Crippen LogP contribution in [-0.4, -0.2) is 15.6 Å². The monoisotopic (exact) mass is 440 g/mol. The molecule has 10 heteroatoms. The van der Waals surface area contributed by atoms with Crippen molar-refractivity contribution in [1.82, 2.24) is 0 Å². The Morgan fingerprint density at radius 2 is 1.68 bits per heavy atom. The van der Waals surface area contributed by atoms with Gasteiger partial charge in [-0.3, -0.25) is 25.7 Å². The van der Waals surface area contributed by atoms with Crippen LogP contribution in [0.15, 0.2) is 71.8 Å². The van der Waals surface area contributed by atoms with Crippen molar-refractivity contribution in [1.29, 1.82) is 0 Å². The SMILES string of the molecule is C/C(=N/Nc1ccc([N+](=O)[O-])cc1[N+](=O)[O-])c1ccc(OCc2ccc(Cl)cc2)cc1. The van der Waals surface area contributed by atoms with Crippen molar-refractivity contribution < 1.29 is 14.6 Å². The Kier molecular flexibility index (Phi) is 6.78. The zero-order valence-electron chi connectivity index (χ0n) is 16.3. The van der Waals surface area contributed by atoms with Gasteiger partial charge in [-0.15, -0.1) is 0 Å². The largest absolute Gasteiger partial charge is 0.489 e. The maximum absolute atomic E-state index is 11.2. The number of hydrazone groups is 1. The van der Waals surface area contributed by atoms with Gasteiger partial charge in [-0.2, -0.15) is 5.10 Å². The molecule has 3 rings (SSSR count). The lowest BCUT2D eigenvalue weighted by molar-refractivity contribution is -0.393. The molecular formula is C21H17ClN4O5. The number of nitro groups is 2. The summed E-state index contributed by atoms with van der Waals surface area (Å²) in [5.41, 5.74) is 4.18. The lowest BCUT2D eigenvalue weighted by atomic mass is 10.1. The van der Waals surface area contributed by atoms with Crippen LogP contribution in [0.25, 0.3) is 0 Å². The predicted octanol–water partition coefficient (Wildman–Crippen LogP) is 5.57. The minimum Gasteiger partial charge on any atom is -0.489 e. The summed E-state index contributed by atoms with van der Waals surface area (Å²) in [7, 11) is 0. The average molecular weight is 441 g/mol. The number of nitrogens with one attached hydrogen (secondary N) is 1. The zero-order valence-corrected chi connectivity index (χ0v) is 17.1. The van der Waals surface area contributed by atoms with Gasteiger partial charge in [0.15, 0.2) is 0 Å². The minimum absolute atomic E-state index is 0.0536. The quantitative estimate of drug-likeness (QED) is 0.277. The van der Waals surface area contributed by atoms with Crippen LogP contribution < -0.4 is 10.2 Å². The maximum atomic E-state index is 11.2. The molecule has 0 fully saturated rings. The minimum atomic E-state index is -0.701. The van der Waals surface area contributed by atoms with E-state index >= 15 is 0 Å². The van der Waals surface area contributed by atoms with Crippen LogP contribution in [0, 0.1) is 20.2 Å². The summed E-state index contributed by atoms with van der Waals surface area (Å²) in [5, 5.41) is 26.8. The first-order valence-corrected chi connectivity index (χ1v) is 9.42. The molecule has 0 aliphatic rings. The molecule has 0 atom stereocenters. The molecule has 0 heterocycles. The van der Waals surface area contributed by atoms with Crippen LogP contribution in [0.4, 0.5) is 17.1 Å². The Labute approximate surface area is 182 Å². The van der Waals surface area contributed by atoms with E-state index in [1.807, 2.05) is 24.3 Å². The van der Waals surface area contributed by atoms with Crippen LogP contribution in [0.2, 0.25) is 5.02 Å². The first kappa shape index (κ1) is 21.7. The molecule has 0 saturated heterocycles. The van der Waals surface area contributed by atoms with Crippen molar-refractivity contribution in [3.05, 3.63) is 103 Å². The summed E-state index contributed by atoms with van der Waals surface area (Å²) in [6.45, 7) is 2.13. The van der Waals surface area contributed by atoms with Gasteiger partial charge in [0.1, 0.15) is 18.0 Å². The normalized spacial score (nSPS) is 11.1. The highest BCUT2D eigenvalue weighted by atomic mass is 35.5. The van der Waals surface area contributed by atoms with E-state index < -0.39 is 15.5 Å². The molecule has 0 aromatic heterocycles. The van der Waals surface area contributed by atoms with Gasteiger partial charge in [0, 0.05) is 11.1 Å². The molecule has 0 unspecified atom stereocenters. The Hall–Kier alpha value is -3.98. The van der Waals surface area contributed by atoms with Gasteiger partial charge in [-0.25, -0.2) is 0 Å². The van der Waals surface area contributed by atoms with Crippen molar-refractivity contribution >= 4 is 34.4 Å². The molecule has 0 amide bonds. The number of rotatable bonds is 8. The van der Waals surface area contributed by atoms with Gasteiger partial charge in [0.2, 0.25) is 0 Å². The summed E-state index contributed by atoms with van der Waals surface area (Å²) in [5.74, 6) is 0.672. The predicted molar refractivity (Wildman–Crippen MR) is 118 cm³/mol. The van der Waals surface area contributed by atoms with Crippen LogP contribution >= 0.6 is 11.6 Å². The Morgan fingerprint density at radius 3 is 2.29 bits per heavy atom. The molecule has 31 heavy (non-hydrogen) atoms. The highest BCUT2D eigenvalue weighted by molar-refractivity contribution is 6.30. The van der Waals surface area contributed by atoms with Gasteiger partial charge < -0.3 is 4.74 Å². The number of hydrogen-bond donors (Lipinski definition) is 1. The fourth-order valence-electron chi connectivity index (χ4n) is 2.63. The molecule has 0 saturated carbocycles. The third-order valence-electron chi connectivity index (χ3n) is 4.32. The standard InChI is InChI=1S/C21H17ClN4O5/c1-14(23-24-20-11-8-18(25(27)28)12-21(20)26(29)30)16-4-9-19(10-5-16)31-13-15-2-6-17(22)7-3-15/h2-12,24H,13H2,1H3/b23-14-. The summed E-state index contributed by atoms with van der Waals surface area (Å²) < 4.78 is 5.74. The number of ether oxygens (including phenoxy) is 1. The molecule has 0 spiro atoms. The number of non-ortho nitro benzene ring substituents is 1. The van der Waals surface area contributed by atoms with Crippen molar-refractivity contribution in [3.63, 3.8) is 0 Å². The van der Waals surface area contributed by atoms with E-state index in [-0.39, 0.29) is 11.4 Å². The highest BCUT2D eigenvalue weighted by Crippen LogP contribution is 2.29. The number of nitro benzene ring substituents is 2. The van der Waals surface area contributed by atoms with Gasteiger partial charge >= 0.3 is 5.69 Å². The van der Waals surface area contributed by atoms with Crippen molar-refractivity contribution in [2.45, 2.75) is 13.5 Å². The van der Waals surface area contributed by atoms with E-state index in [0.717, 1.165) is 17.2 Å². The molecule has 0 aliphatic heterocycles. The van der Waals surface area contributed by atoms with Crippen molar-refractivity contribution in [3.8, 4) is 5.75 Å². The molecule has 158 valence electrons. The third kappa shape index (κ3) is 5.77. The van der Waals surface area contributed by atoms with E-state index in [1.165, 1.54) is 12.1 Å². The molecule has 9 nitrogen and oxygen atoms in total. The van der Waals surface area contributed by atoms with E-state index in [4.69, 9.17) is 16.3 Å². The number of halogens is 1. The zero-order chi connectivity index (χ0) is 22.4. The van der Waals surface area contributed by atoms with E-state index in [1.54, 1.807) is 31.2 Å². The Morgan fingerprint density at radius 1 is 1.00 bits per heavy atom. The van der Waals surface area contributed by atoms with Crippen LogP contribution in [-0.2, 0) is 6.61 Å². The van der Waals surface area contributed by atoms with Crippen LogP contribution in [0.3, 0.4) is 0 Å². The number of anilines is 1. The molecule has 0 aliphatic carbocycles. The summed E-state index contributed by atoms with van der Waals surface area (Å²) >= 11 is 5.87. The molecule has 3 aromatic rings. The van der Waals surface area contributed by atoms with Gasteiger partial charge in [-0.1, -0.05) is 23.7 Å². The van der Waals surface area contributed by atoms with Gasteiger partial charge in [0.05, 0.1) is 21.6 Å². The highest BCUT2D eigenvalue weighted by Gasteiger charge is 2.19. The fourth-order valence-corrected chi connectivity index (χ4v) is 2.75. The van der Waals surface area contributed by atoms with E-state index in [9.17, 15) is 20.2 Å². The Balaban J connectivity index is 1.67. The molecule has 0 bridgehead atoms. The summed E-state index contributed by atoms with van der Waals surface area (Å²) in [6, 6.07) is 17.9. The number of nitrogens with zero attached hydrogens (tertiary/aromatic N) is 3. The van der Waals surface area contributed by atoms with Gasteiger partial charge in [0.25, 0.3) is 5.69 Å². The second-order valence-corrected chi connectivity index (χ2v) is 6.90. The van der Waals surface area contributed by atoms with Crippen molar-refractivity contribution in [2.75, 3.05) is 5.43 Å². The molecular weight excluding hydrogens is 424 g/mol. The lowest BCUT2D eigenvalue weighted by Crippen LogP contribution is -2.02.